The van der Waals surface area contributed by atoms with Gasteiger partial charge in [0.1, 0.15) is 23.1 Å². The second kappa shape index (κ2) is 10.5. The molecular weight excluding hydrogens is 425 g/mol. The maximum Gasteiger partial charge on any atom is 0.363 e. The first kappa shape index (κ1) is 22.1. The van der Waals surface area contributed by atoms with Crippen molar-refractivity contribution in [2.75, 3.05) is 20.3 Å². The van der Waals surface area contributed by atoms with Crippen molar-refractivity contribution in [2.24, 2.45) is 4.99 Å². The minimum atomic E-state index is -0.550. The molecule has 0 atom stereocenters. The normalized spacial score (nSPS) is 14.1. The van der Waals surface area contributed by atoms with Crippen LogP contribution < -0.4 is 14.2 Å². The molecule has 0 spiro atoms. The standard InChI is InChI=1S/C26H22FNO5/c1-30-22-4-2-5-23(17-22)32-15-3-14-31-21-12-6-18(7-13-21)16-24-26(29)33-25(28-24)19-8-10-20(27)11-9-19/h2,4-13,16-17H,3,14-15H2,1H3/b24-16+. The number of cyclic esters (lactones) is 1. The van der Waals surface area contributed by atoms with Crippen LogP contribution in [0.3, 0.4) is 0 Å². The summed E-state index contributed by atoms with van der Waals surface area (Å²) < 4.78 is 34.9. The minimum Gasteiger partial charge on any atom is -0.497 e. The highest BCUT2D eigenvalue weighted by atomic mass is 19.1. The minimum absolute atomic E-state index is 0.155. The van der Waals surface area contributed by atoms with Gasteiger partial charge < -0.3 is 18.9 Å². The smallest absolute Gasteiger partial charge is 0.363 e. The summed E-state index contributed by atoms with van der Waals surface area (Å²) in [5.41, 5.74) is 1.49. The van der Waals surface area contributed by atoms with Crippen LogP contribution in [0.4, 0.5) is 4.39 Å². The Morgan fingerprint density at radius 1 is 0.909 bits per heavy atom. The van der Waals surface area contributed by atoms with Crippen LogP contribution in [0.15, 0.2) is 83.5 Å². The molecule has 6 nitrogen and oxygen atoms in total. The van der Waals surface area contributed by atoms with Gasteiger partial charge in [0, 0.05) is 18.1 Å². The monoisotopic (exact) mass is 447 g/mol. The van der Waals surface area contributed by atoms with Crippen LogP contribution >= 0.6 is 0 Å². The number of hydrogen-bond acceptors (Lipinski definition) is 6. The molecule has 0 aromatic heterocycles. The molecular formula is C26H22FNO5. The zero-order valence-corrected chi connectivity index (χ0v) is 18.0. The molecule has 0 radical (unpaired) electrons. The Morgan fingerprint density at radius 2 is 1.61 bits per heavy atom. The highest BCUT2D eigenvalue weighted by Gasteiger charge is 2.24. The van der Waals surface area contributed by atoms with Crippen molar-refractivity contribution in [3.8, 4) is 17.2 Å². The van der Waals surface area contributed by atoms with Gasteiger partial charge in [-0.3, -0.25) is 0 Å². The Bertz CT molecular complexity index is 1170. The number of carbonyl (C=O) groups is 1. The first-order chi connectivity index (χ1) is 16.1. The topological polar surface area (TPSA) is 66.3 Å². The molecule has 168 valence electrons. The van der Waals surface area contributed by atoms with Gasteiger partial charge in [-0.1, -0.05) is 18.2 Å². The first-order valence-corrected chi connectivity index (χ1v) is 10.4. The van der Waals surface area contributed by atoms with Gasteiger partial charge in [-0.05, 0) is 60.2 Å². The predicted octanol–water partition coefficient (Wildman–Crippen LogP) is 5.03. The number of halogens is 1. The van der Waals surface area contributed by atoms with E-state index in [1.165, 1.54) is 24.3 Å². The summed E-state index contributed by atoms with van der Waals surface area (Å²) in [5.74, 6) is 1.45. The second-order valence-corrected chi connectivity index (χ2v) is 7.14. The van der Waals surface area contributed by atoms with Gasteiger partial charge in [-0.2, -0.15) is 0 Å². The van der Waals surface area contributed by atoms with E-state index in [-0.39, 0.29) is 17.4 Å². The number of carbonyl (C=O) groups excluding carboxylic acids is 1. The molecule has 0 unspecified atom stereocenters. The molecule has 3 aromatic rings. The third kappa shape index (κ3) is 5.98. The molecule has 0 saturated heterocycles. The lowest BCUT2D eigenvalue weighted by Gasteiger charge is -2.09. The Kier molecular flexibility index (Phi) is 6.99. The van der Waals surface area contributed by atoms with E-state index in [9.17, 15) is 9.18 Å². The van der Waals surface area contributed by atoms with Crippen LogP contribution in [0.2, 0.25) is 0 Å². The van der Waals surface area contributed by atoms with Crippen LogP contribution in [0.5, 0.6) is 17.2 Å². The maximum atomic E-state index is 13.1. The lowest BCUT2D eigenvalue weighted by molar-refractivity contribution is -0.129. The average Bonchev–Trinajstić information content (AvgIpc) is 3.20. The molecule has 0 N–H and O–H groups in total. The summed E-state index contributed by atoms with van der Waals surface area (Å²) in [6.07, 6.45) is 2.35. The molecule has 7 heteroatoms. The van der Waals surface area contributed by atoms with Gasteiger partial charge >= 0.3 is 5.97 Å². The molecule has 0 saturated carbocycles. The average molecular weight is 447 g/mol. The highest BCUT2D eigenvalue weighted by molar-refractivity contribution is 6.12. The fourth-order valence-electron chi connectivity index (χ4n) is 3.07. The largest absolute Gasteiger partial charge is 0.497 e. The van der Waals surface area contributed by atoms with Crippen molar-refractivity contribution >= 4 is 17.9 Å². The van der Waals surface area contributed by atoms with Crippen molar-refractivity contribution in [3.63, 3.8) is 0 Å². The Morgan fingerprint density at radius 3 is 2.33 bits per heavy atom. The lowest BCUT2D eigenvalue weighted by atomic mass is 10.2. The maximum absolute atomic E-state index is 13.1. The number of benzene rings is 3. The SMILES string of the molecule is COc1cccc(OCCCOc2ccc(/C=C3/N=C(c4ccc(F)cc4)OC3=O)cc2)c1. The van der Waals surface area contributed by atoms with E-state index in [0.717, 1.165) is 23.5 Å². The number of aliphatic imine (C=N–C) groups is 1. The van der Waals surface area contributed by atoms with E-state index in [4.69, 9.17) is 18.9 Å². The summed E-state index contributed by atoms with van der Waals surface area (Å²) in [4.78, 5) is 16.3. The molecule has 4 rings (SSSR count). The molecule has 0 aliphatic carbocycles. The molecule has 0 amide bonds. The zero-order chi connectivity index (χ0) is 23.0. The first-order valence-electron chi connectivity index (χ1n) is 10.4. The quantitative estimate of drug-likeness (QED) is 0.262. The van der Waals surface area contributed by atoms with Gasteiger partial charge in [0.05, 0.1) is 20.3 Å². The van der Waals surface area contributed by atoms with E-state index < -0.39 is 5.97 Å². The lowest BCUT2D eigenvalue weighted by Crippen LogP contribution is -2.05. The third-order valence-corrected chi connectivity index (χ3v) is 4.76. The molecule has 0 fully saturated rings. The summed E-state index contributed by atoms with van der Waals surface area (Å²) in [6, 6.07) is 20.3. The number of rotatable bonds is 9. The number of nitrogens with zero attached hydrogens (tertiary/aromatic N) is 1. The Hall–Kier alpha value is -4.13. The fourth-order valence-corrected chi connectivity index (χ4v) is 3.07. The van der Waals surface area contributed by atoms with Crippen molar-refractivity contribution in [1.82, 2.24) is 0 Å². The van der Waals surface area contributed by atoms with Gasteiger partial charge in [-0.25, -0.2) is 14.2 Å². The Balaban J connectivity index is 1.27. The van der Waals surface area contributed by atoms with Crippen LogP contribution in [-0.2, 0) is 9.53 Å². The zero-order valence-electron chi connectivity index (χ0n) is 18.0. The Labute approximate surface area is 190 Å². The second-order valence-electron chi connectivity index (χ2n) is 7.14. The predicted molar refractivity (Wildman–Crippen MR) is 122 cm³/mol. The summed E-state index contributed by atoms with van der Waals surface area (Å²) >= 11 is 0. The highest BCUT2D eigenvalue weighted by Crippen LogP contribution is 2.21. The summed E-state index contributed by atoms with van der Waals surface area (Å²) in [5, 5.41) is 0. The van der Waals surface area contributed by atoms with E-state index in [1.54, 1.807) is 13.2 Å². The van der Waals surface area contributed by atoms with E-state index in [2.05, 4.69) is 4.99 Å². The van der Waals surface area contributed by atoms with Gasteiger partial charge in [0.25, 0.3) is 0 Å². The van der Waals surface area contributed by atoms with E-state index in [0.29, 0.717) is 24.5 Å². The van der Waals surface area contributed by atoms with Gasteiger partial charge in [-0.15, -0.1) is 0 Å². The van der Waals surface area contributed by atoms with Crippen LogP contribution in [0.1, 0.15) is 17.5 Å². The van der Waals surface area contributed by atoms with Crippen molar-refractivity contribution in [3.05, 3.63) is 95.4 Å². The van der Waals surface area contributed by atoms with Crippen LogP contribution in [0, 0.1) is 5.82 Å². The molecule has 1 aliphatic rings. The number of esters is 1. The number of methoxy groups -OCH3 is 1. The summed E-state index contributed by atoms with van der Waals surface area (Å²) in [6.45, 7) is 1.02. The molecule has 1 aliphatic heterocycles. The van der Waals surface area contributed by atoms with Gasteiger partial charge in [0.2, 0.25) is 5.90 Å². The number of ether oxygens (including phenoxy) is 4. The fraction of sp³-hybridized carbons (Fsp3) is 0.154. The molecule has 3 aromatic carbocycles. The molecule has 1 heterocycles. The number of hydrogen-bond donors (Lipinski definition) is 0. The summed E-state index contributed by atoms with van der Waals surface area (Å²) in [7, 11) is 1.62. The van der Waals surface area contributed by atoms with Crippen LogP contribution in [-0.4, -0.2) is 32.2 Å². The molecule has 0 bridgehead atoms. The molecule has 33 heavy (non-hydrogen) atoms. The van der Waals surface area contributed by atoms with Crippen molar-refractivity contribution in [2.45, 2.75) is 6.42 Å². The van der Waals surface area contributed by atoms with Gasteiger partial charge in [0.15, 0.2) is 5.70 Å². The van der Waals surface area contributed by atoms with Crippen molar-refractivity contribution < 1.29 is 28.1 Å². The third-order valence-electron chi connectivity index (χ3n) is 4.76. The van der Waals surface area contributed by atoms with E-state index >= 15 is 0 Å². The van der Waals surface area contributed by atoms with E-state index in [1.807, 2.05) is 48.5 Å². The van der Waals surface area contributed by atoms with Crippen molar-refractivity contribution in [1.29, 1.82) is 0 Å². The van der Waals surface area contributed by atoms with Crippen LogP contribution in [0.25, 0.3) is 6.08 Å².